The molecule has 2 amide bonds. The maximum atomic E-state index is 12.2. The Morgan fingerprint density at radius 3 is 2.62 bits per heavy atom. The Bertz CT molecular complexity index is 511. The van der Waals surface area contributed by atoms with Crippen molar-refractivity contribution < 1.29 is 14.3 Å². The van der Waals surface area contributed by atoms with Gasteiger partial charge in [0.15, 0.2) is 0 Å². The molecule has 1 aromatic rings. The molecular weight excluding hydrogens is 268 g/mol. The molecule has 114 valence electrons. The first-order valence-electron chi connectivity index (χ1n) is 7.35. The van der Waals surface area contributed by atoms with Gasteiger partial charge in [-0.2, -0.15) is 0 Å². The van der Waals surface area contributed by atoms with Gasteiger partial charge in [-0.1, -0.05) is 38.1 Å². The van der Waals surface area contributed by atoms with E-state index >= 15 is 0 Å². The van der Waals surface area contributed by atoms with Crippen LogP contribution in [-0.2, 0) is 9.53 Å². The van der Waals surface area contributed by atoms with Crippen LogP contribution in [0.15, 0.2) is 24.3 Å². The molecule has 1 unspecified atom stereocenters. The zero-order valence-electron chi connectivity index (χ0n) is 12.8. The van der Waals surface area contributed by atoms with Crippen molar-refractivity contribution in [3.63, 3.8) is 0 Å². The summed E-state index contributed by atoms with van der Waals surface area (Å²) in [5, 5.41) is 2.81. The van der Waals surface area contributed by atoms with Gasteiger partial charge in [-0.25, -0.2) is 4.79 Å². The Hall–Kier alpha value is -2.04. The zero-order chi connectivity index (χ0) is 15.4. The summed E-state index contributed by atoms with van der Waals surface area (Å²) in [6.45, 7) is 7.21. The van der Waals surface area contributed by atoms with E-state index in [0.29, 0.717) is 25.6 Å². The standard InChI is InChI=1S/C16H22N2O3/c1-4-21-16(20)18-10-9-17-15(19)14(18)13-7-5-12(6-8-13)11(2)3/h5-8,11,14H,4,9-10H2,1-3H3,(H,17,19). The Kier molecular flexibility index (Phi) is 4.83. The lowest BCUT2D eigenvalue weighted by Gasteiger charge is -2.34. The molecule has 0 saturated carbocycles. The summed E-state index contributed by atoms with van der Waals surface area (Å²) in [6.07, 6.45) is -0.440. The lowest BCUT2D eigenvalue weighted by molar-refractivity contribution is -0.128. The number of piperazine rings is 1. The minimum absolute atomic E-state index is 0.161. The second kappa shape index (κ2) is 6.61. The molecule has 5 heteroatoms. The summed E-state index contributed by atoms with van der Waals surface area (Å²) >= 11 is 0. The van der Waals surface area contributed by atoms with E-state index in [9.17, 15) is 9.59 Å². The summed E-state index contributed by atoms with van der Waals surface area (Å²) in [5.41, 5.74) is 2.02. The normalized spacial score (nSPS) is 18.6. The monoisotopic (exact) mass is 290 g/mol. The number of benzene rings is 1. The fourth-order valence-corrected chi connectivity index (χ4v) is 2.46. The first kappa shape index (κ1) is 15.4. The second-order valence-electron chi connectivity index (χ2n) is 5.41. The molecule has 21 heavy (non-hydrogen) atoms. The van der Waals surface area contributed by atoms with Crippen LogP contribution >= 0.6 is 0 Å². The second-order valence-corrected chi connectivity index (χ2v) is 5.41. The van der Waals surface area contributed by atoms with Crippen LogP contribution in [0.1, 0.15) is 43.9 Å². The number of nitrogens with one attached hydrogen (secondary N) is 1. The van der Waals surface area contributed by atoms with Crippen molar-refractivity contribution in [2.45, 2.75) is 32.7 Å². The molecule has 0 aromatic heterocycles. The maximum Gasteiger partial charge on any atom is 0.410 e. The van der Waals surface area contributed by atoms with Crippen molar-refractivity contribution in [1.82, 2.24) is 10.2 Å². The highest BCUT2D eigenvalue weighted by Crippen LogP contribution is 2.25. The molecule has 1 atom stereocenters. The molecule has 1 fully saturated rings. The molecule has 5 nitrogen and oxygen atoms in total. The number of hydrogen-bond acceptors (Lipinski definition) is 3. The lowest BCUT2D eigenvalue weighted by atomic mass is 9.97. The van der Waals surface area contributed by atoms with Crippen LogP contribution < -0.4 is 5.32 Å². The SMILES string of the molecule is CCOC(=O)N1CCNC(=O)C1c1ccc(C(C)C)cc1. The third kappa shape index (κ3) is 3.35. The van der Waals surface area contributed by atoms with Crippen LogP contribution in [0.4, 0.5) is 4.79 Å². The summed E-state index contributed by atoms with van der Waals surface area (Å²) in [4.78, 5) is 25.7. The number of carbonyl (C=O) groups excluding carboxylic acids is 2. The highest BCUT2D eigenvalue weighted by atomic mass is 16.6. The molecule has 1 aliphatic heterocycles. The first-order chi connectivity index (χ1) is 10.0. The van der Waals surface area contributed by atoms with E-state index in [1.807, 2.05) is 24.3 Å². The van der Waals surface area contributed by atoms with Crippen molar-refractivity contribution in [2.75, 3.05) is 19.7 Å². The minimum atomic E-state index is -0.612. The molecule has 0 bridgehead atoms. The largest absolute Gasteiger partial charge is 0.450 e. The Morgan fingerprint density at radius 2 is 2.05 bits per heavy atom. The number of amides is 2. The van der Waals surface area contributed by atoms with Crippen molar-refractivity contribution >= 4 is 12.0 Å². The van der Waals surface area contributed by atoms with Gasteiger partial charge in [-0.3, -0.25) is 9.69 Å². The van der Waals surface area contributed by atoms with E-state index in [-0.39, 0.29) is 5.91 Å². The smallest absolute Gasteiger partial charge is 0.410 e. The Morgan fingerprint density at radius 1 is 1.38 bits per heavy atom. The fourth-order valence-electron chi connectivity index (χ4n) is 2.46. The van der Waals surface area contributed by atoms with Crippen LogP contribution in [0.25, 0.3) is 0 Å². The van der Waals surface area contributed by atoms with Gasteiger partial charge < -0.3 is 10.1 Å². The Balaban J connectivity index is 2.27. The van der Waals surface area contributed by atoms with Crippen LogP contribution in [0, 0.1) is 0 Å². The molecule has 2 rings (SSSR count). The predicted octanol–water partition coefficient (Wildman–Crippen LogP) is 2.44. The molecule has 0 spiro atoms. The van der Waals surface area contributed by atoms with Crippen LogP contribution in [0.2, 0.25) is 0 Å². The van der Waals surface area contributed by atoms with Crippen molar-refractivity contribution in [1.29, 1.82) is 0 Å². The van der Waals surface area contributed by atoms with E-state index in [4.69, 9.17) is 4.74 Å². The van der Waals surface area contributed by atoms with Gasteiger partial charge in [0, 0.05) is 13.1 Å². The molecule has 0 radical (unpaired) electrons. The highest BCUT2D eigenvalue weighted by molar-refractivity contribution is 5.88. The fraction of sp³-hybridized carbons (Fsp3) is 0.500. The third-order valence-electron chi connectivity index (χ3n) is 3.63. The van der Waals surface area contributed by atoms with Crippen molar-refractivity contribution in [3.05, 3.63) is 35.4 Å². The number of ether oxygens (including phenoxy) is 1. The molecule has 1 heterocycles. The van der Waals surface area contributed by atoms with Gasteiger partial charge in [-0.15, -0.1) is 0 Å². The van der Waals surface area contributed by atoms with E-state index in [2.05, 4.69) is 19.2 Å². The number of nitrogens with zero attached hydrogens (tertiary/aromatic N) is 1. The number of rotatable bonds is 3. The van der Waals surface area contributed by atoms with Crippen molar-refractivity contribution in [3.8, 4) is 0 Å². The predicted molar refractivity (Wildman–Crippen MR) is 80.0 cm³/mol. The Labute approximate surface area is 125 Å². The molecule has 0 aliphatic carbocycles. The lowest BCUT2D eigenvalue weighted by Crippen LogP contribution is -2.52. The number of carbonyl (C=O) groups is 2. The van der Waals surface area contributed by atoms with Gasteiger partial charge in [-0.05, 0) is 24.0 Å². The molecule has 1 aliphatic rings. The van der Waals surface area contributed by atoms with Gasteiger partial charge in [0.1, 0.15) is 6.04 Å². The molecular formula is C16H22N2O3. The third-order valence-corrected chi connectivity index (χ3v) is 3.63. The van der Waals surface area contributed by atoms with Crippen molar-refractivity contribution in [2.24, 2.45) is 0 Å². The zero-order valence-corrected chi connectivity index (χ0v) is 12.8. The van der Waals surface area contributed by atoms with Crippen LogP contribution in [0.5, 0.6) is 0 Å². The first-order valence-corrected chi connectivity index (χ1v) is 7.35. The average molecular weight is 290 g/mol. The van der Waals surface area contributed by atoms with E-state index in [1.54, 1.807) is 6.92 Å². The van der Waals surface area contributed by atoms with Gasteiger partial charge in [0.25, 0.3) is 0 Å². The average Bonchev–Trinajstić information content (AvgIpc) is 2.47. The van der Waals surface area contributed by atoms with Crippen LogP contribution in [-0.4, -0.2) is 36.6 Å². The molecule has 1 saturated heterocycles. The molecule has 1 aromatic carbocycles. The summed E-state index contributed by atoms with van der Waals surface area (Å²) in [5.74, 6) is 0.270. The topological polar surface area (TPSA) is 58.6 Å². The van der Waals surface area contributed by atoms with Gasteiger partial charge in [0.05, 0.1) is 6.61 Å². The number of hydrogen-bond donors (Lipinski definition) is 1. The van der Waals surface area contributed by atoms with Gasteiger partial charge >= 0.3 is 6.09 Å². The summed E-state index contributed by atoms with van der Waals surface area (Å²) < 4.78 is 5.05. The van der Waals surface area contributed by atoms with E-state index < -0.39 is 12.1 Å². The summed E-state index contributed by atoms with van der Waals surface area (Å²) in [6, 6.07) is 7.23. The minimum Gasteiger partial charge on any atom is -0.450 e. The maximum absolute atomic E-state index is 12.2. The van der Waals surface area contributed by atoms with Gasteiger partial charge in [0.2, 0.25) is 5.91 Å². The van der Waals surface area contributed by atoms with E-state index in [1.165, 1.54) is 10.5 Å². The highest BCUT2D eigenvalue weighted by Gasteiger charge is 2.35. The molecule has 1 N–H and O–H groups in total. The quantitative estimate of drug-likeness (QED) is 0.930. The van der Waals surface area contributed by atoms with Crippen LogP contribution in [0.3, 0.4) is 0 Å². The summed E-state index contributed by atoms with van der Waals surface area (Å²) in [7, 11) is 0. The van der Waals surface area contributed by atoms with E-state index in [0.717, 1.165) is 5.56 Å².